The van der Waals surface area contributed by atoms with Crippen LogP contribution in [0.25, 0.3) is 0 Å². The van der Waals surface area contributed by atoms with Crippen LogP contribution in [-0.2, 0) is 17.8 Å². The third kappa shape index (κ3) is 7.69. The van der Waals surface area contributed by atoms with E-state index in [1.807, 2.05) is 79.1 Å². The molecule has 3 rings (SSSR count). The van der Waals surface area contributed by atoms with Crippen LogP contribution in [0.15, 0.2) is 48.5 Å². The fraction of sp³-hybridized carbons (Fsp3) is 0.458. The van der Waals surface area contributed by atoms with Gasteiger partial charge in [0.15, 0.2) is 0 Å². The van der Waals surface area contributed by atoms with Crippen LogP contribution in [-0.4, -0.2) is 53.7 Å². The highest BCUT2D eigenvalue weighted by atomic mass is 35.5. The van der Waals surface area contributed by atoms with Crippen LogP contribution < -0.4 is 5.32 Å². The van der Waals surface area contributed by atoms with Crippen molar-refractivity contribution >= 4 is 29.2 Å². The highest BCUT2D eigenvalue weighted by Gasteiger charge is 2.28. The summed E-state index contributed by atoms with van der Waals surface area (Å²) >= 11 is 12.3. The fourth-order valence-electron chi connectivity index (χ4n) is 3.56. The number of nitrogens with one attached hydrogen (secondary N) is 1. The van der Waals surface area contributed by atoms with Gasteiger partial charge in [0.05, 0.1) is 12.2 Å². The van der Waals surface area contributed by atoms with Gasteiger partial charge in [0.1, 0.15) is 0 Å². The molecule has 1 saturated heterocycles. The second-order valence-electron chi connectivity index (χ2n) is 8.92. The van der Waals surface area contributed by atoms with Crippen molar-refractivity contribution in [3.8, 4) is 0 Å². The molecule has 7 heteroatoms. The van der Waals surface area contributed by atoms with Crippen molar-refractivity contribution in [1.82, 2.24) is 15.1 Å². The van der Waals surface area contributed by atoms with Gasteiger partial charge in [-0.2, -0.15) is 0 Å². The van der Waals surface area contributed by atoms with E-state index in [-0.39, 0.29) is 17.7 Å². The molecule has 31 heavy (non-hydrogen) atoms. The molecule has 0 radical (unpaired) electrons. The number of halogens is 2. The maximum absolute atomic E-state index is 13.5. The van der Waals surface area contributed by atoms with Crippen LogP contribution in [0.5, 0.6) is 0 Å². The largest absolute Gasteiger partial charge is 0.374 e. The van der Waals surface area contributed by atoms with Gasteiger partial charge in [-0.25, -0.2) is 4.79 Å². The maximum Gasteiger partial charge on any atom is 0.320 e. The Morgan fingerprint density at radius 3 is 2.19 bits per heavy atom. The Labute approximate surface area is 195 Å². The van der Waals surface area contributed by atoms with Crippen LogP contribution >= 0.6 is 23.2 Å². The third-order valence-corrected chi connectivity index (χ3v) is 5.51. The molecule has 1 aliphatic rings. The third-order valence-electron chi connectivity index (χ3n) is 5.04. The topological polar surface area (TPSA) is 44.8 Å². The monoisotopic (exact) mass is 463 g/mol. The Hall–Kier alpha value is -1.79. The molecule has 2 amide bonds. The second kappa shape index (κ2) is 10.7. The number of rotatable bonds is 6. The highest BCUT2D eigenvalue weighted by molar-refractivity contribution is 6.30. The van der Waals surface area contributed by atoms with Gasteiger partial charge in [0.25, 0.3) is 0 Å². The number of amides is 2. The van der Waals surface area contributed by atoms with E-state index < -0.39 is 0 Å². The molecule has 0 bridgehead atoms. The maximum atomic E-state index is 13.5. The summed E-state index contributed by atoms with van der Waals surface area (Å²) in [6.07, 6.45) is 0. The summed E-state index contributed by atoms with van der Waals surface area (Å²) in [5.41, 5.74) is 1.77. The van der Waals surface area contributed by atoms with Crippen molar-refractivity contribution in [2.24, 2.45) is 0 Å². The molecule has 2 aromatic carbocycles. The predicted octanol–water partition coefficient (Wildman–Crippen LogP) is 5.20. The summed E-state index contributed by atoms with van der Waals surface area (Å²) in [5.74, 6) is 0. The number of ether oxygens (including phenoxy) is 1. The summed E-state index contributed by atoms with van der Waals surface area (Å²) < 4.78 is 5.93. The van der Waals surface area contributed by atoms with Crippen LogP contribution in [0, 0.1) is 0 Å². The Bertz CT molecular complexity index is 838. The Morgan fingerprint density at radius 1 is 1.10 bits per heavy atom. The number of nitrogens with zero attached hydrogens (tertiary/aromatic N) is 2. The molecular formula is C24H31Cl2N3O2. The zero-order valence-electron chi connectivity index (χ0n) is 18.4. The number of piperazine rings is 1. The number of carbonyl (C=O) groups excluding carboxylic acids is 1. The fourth-order valence-corrected chi connectivity index (χ4v) is 3.99. The van der Waals surface area contributed by atoms with Gasteiger partial charge < -0.3 is 19.9 Å². The summed E-state index contributed by atoms with van der Waals surface area (Å²) in [6.45, 7) is 9.63. The van der Waals surface area contributed by atoms with Crippen LogP contribution in [0.1, 0.15) is 31.9 Å². The van der Waals surface area contributed by atoms with Gasteiger partial charge in [-0.1, -0.05) is 47.5 Å². The summed E-state index contributed by atoms with van der Waals surface area (Å²) in [4.78, 5) is 17.3. The zero-order chi connectivity index (χ0) is 22.4. The molecule has 168 valence electrons. The van der Waals surface area contributed by atoms with Gasteiger partial charge in [-0.3, -0.25) is 0 Å². The molecule has 5 nitrogen and oxygen atoms in total. The lowest BCUT2D eigenvalue weighted by atomic mass is 10.1. The Kier molecular flexibility index (Phi) is 8.23. The number of carbonyl (C=O) groups is 1. The van der Waals surface area contributed by atoms with E-state index in [4.69, 9.17) is 27.9 Å². The molecule has 2 aromatic rings. The molecule has 0 saturated carbocycles. The van der Waals surface area contributed by atoms with E-state index >= 15 is 0 Å². The minimum absolute atomic E-state index is 0.00205. The quantitative estimate of drug-likeness (QED) is 0.639. The number of hydrogen-bond donors (Lipinski definition) is 1. The highest BCUT2D eigenvalue weighted by Crippen LogP contribution is 2.19. The lowest BCUT2D eigenvalue weighted by Gasteiger charge is -2.38. The van der Waals surface area contributed by atoms with Gasteiger partial charge >= 0.3 is 6.03 Å². The molecule has 1 aliphatic heterocycles. The van der Waals surface area contributed by atoms with Crippen molar-refractivity contribution in [3.63, 3.8) is 0 Å². The van der Waals surface area contributed by atoms with E-state index in [9.17, 15) is 4.79 Å². The molecule has 0 aromatic heterocycles. The van der Waals surface area contributed by atoms with E-state index in [1.54, 1.807) is 0 Å². The Balaban J connectivity index is 1.74. The van der Waals surface area contributed by atoms with Gasteiger partial charge in [-0.05, 0) is 56.2 Å². The van der Waals surface area contributed by atoms with Crippen molar-refractivity contribution in [2.75, 3.05) is 26.2 Å². The van der Waals surface area contributed by atoms with E-state index in [1.165, 1.54) is 0 Å². The first kappa shape index (κ1) is 23.9. The van der Waals surface area contributed by atoms with Gasteiger partial charge in [-0.15, -0.1) is 0 Å². The van der Waals surface area contributed by atoms with E-state index in [2.05, 4.69) is 5.32 Å². The molecule has 0 spiro atoms. The first-order valence-electron chi connectivity index (χ1n) is 10.6. The molecule has 1 unspecified atom stereocenters. The zero-order valence-corrected chi connectivity index (χ0v) is 19.9. The molecular weight excluding hydrogens is 433 g/mol. The second-order valence-corrected chi connectivity index (χ2v) is 9.79. The van der Waals surface area contributed by atoms with Crippen LogP contribution in [0.2, 0.25) is 10.0 Å². The van der Waals surface area contributed by atoms with Crippen LogP contribution in [0.3, 0.4) is 0 Å². The summed E-state index contributed by atoms with van der Waals surface area (Å²) in [7, 11) is 0. The lowest BCUT2D eigenvalue weighted by Crippen LogP contribution is -2.57. The normalized spacial score (nSPS) is 16.9. The number of hydrogen-bond acceptors (Lipinski definition) is 3. The minimum atomic E-state index is -0.209. The summed E-state index contributed by atoms with van der Waals surface area (Å²) in [5, 5.41) is 4.78. The smallest absolute Gasteiger partial charge is 0.320 e. The van der Waals surface area contributed by atoms with E-state index in [0.29, 0.717) is 42.8 Å². The minimum Gasteiger partial charge on any atom is -0.374 e. The SMILES string of the molecule is CC(C)(C)OCC1CN(C(=O)N(Cc2cccc(Cl)c2)Cc2cccc(Cl)c2)CCN1. The van der Waals surface area contributed by atoms with Crippen molar-refractivity contribution in [1.29, 1.82) is 0 Å². The van der Waals surface area contributed by atoms with Crippen molar-refractivity contribution < 1.29 is 9.53 Å². The van der Waals surface area contributed by atoms with Gasteiger partial charge in [0.2, 0.25) is 0 Å². The number of benzene rings is 2. The van der Waals surface area contributed by atoms with E-state index in [0.717, 1.165) is 17.7 Å². The standard InChI is InChI=1S/C24H31Cl2N3O2/c1-24(2,3)31-17-22-16-28(11-10-27-22)23(30)29(14-18-6-4-8-20(25)12-18)15-19-7-5-9-21(26)13-19/h4-9,12-13,22,27H,10-11,14-17H2,1-3H3. The van der Waals surface area contributed by atoms with Crippen LogP contribution in [0.4, 0.5) is 4.79 Å². The summed E-state index contributed by atoms with van der Waals surface area (Å²) in [6, 6.07) is 15.4. The Morgan fingerprint density at radius 2 is 1.68 bits per heavy atom. The lowest BCUT2D eigenvalue weighted by molar-refractivity contribution is -0.0213. The molecule has 1 N–H and O–H groups in total. The first-order chi connectivity index (χ1) is 14.7. The van der Waals surface area contributed by atoms with Gasteiger partial charge in [0, 0.05) is 48.8 Å². The molecule has 1 heterocycles. The average Bonchev–Trinajstić information content (AvgIpc) is 2.71. The molecule has 0 aliphatic carbocycles. The predicted molar refractivity (Wildman–Crippen MR) is 127 cm³/mol. The first-order valence-corrected chi connectivity index (χ1v) is 11.4. The number of urea groups is 1. The van der Waals surface area contributed by atoms with Crippen molar-refractivity contribution in [2.45, 2.75) is 45.5 Å². The van der Waals surface area contributed by atoms with Crippen molar-refractivity contribution in [3.05, 3.63) is 69.7 Å². The molecule has 1 atom stereocenters. The average molecular weight is 464 g/mol. The molecule has 1 fully saturated rings.